The lowest BCUT2D eigenvalue weighted by molar-refractivity contribution is 0.190. The highest BCUT2D eigenvalue weighted by Gasteiger charge is 2.41. The maximum absolute atomic E-state index is 4.44. The summed E-state index contributed by atoms with van der Waals surface area (Å²) in [6.45, 7) is 31.8. The maximum Gasteiger partial charge on any atom is 0.0306 e. The van der Waals surface area contributed by atoms with Crippen LogP contribution < -0.4 is 0 Å². The average Bonchev–Trinajstić information content (AvgIpc) is 2.64. The zero-order valence-corrected chi connectivity index (χ0v) is 21.1. The zero-order valence-electron chi connectivity index (χ0n) is 21.1. The van der Waals surface area contributed by atoms with Crippen molar-refractivity contribution in [2.75, 3.05) is 0 Å². The lowest BCUT2D eigenvalue weighted by atomic mass is 9.65. The van der Waals surface area contributed by atoms with E-state index >= 15 is 0 Å². The SMILES string of the molecule is C=C/C1=C2\C(CC(C)(C)C)C(C)(C)/C=C\C(C)=C(/C)N2/C(C)=C\C=C/C(=C)C1(C)C. The van der Waals surface area contributed by atoms with Crippen LogP contribution in [0.25, 0.3) is 0 Å². The molecule has 0 aromatic carbocycles. The first kappa shape index (κ1) is 24.3. The van der Waals surface area contributed by atoms with Crippen molar-refractivity contribution in [2.45, 2.75) is 75.7 Å². The zero-order chi connectivity index (χ0) is 23.1. The fourth-order valence-electron chi connectivity index (χ4n) is 4.62. The van der Waals surface area contributed by atoms with Crippen molar-refractivity contribution >= 4 is 0 Å². The Hall–Kier alpha value is -2.02. The molecule has 2 aliphatic rings. The lowest BCUT2D eigenvalue weighted by Crippen LogP contribution is -2.38. The van der Waals surface area contributed by atoms with Crippen molar-refractivity contribution in [1.82, 2.24) is 4.90 Å². The summed E-state index contributed by atoms with van der Waals surface area (Å²) in [7, 11) is 0. The van der Waals surface area contributed by atoms with Crippen molar-refractivity contribution in [3.8, 4) is 0 Å². The van der Waals surface area contributed by atoms with Crippen molar-refractivity contribution in [3.63, 3.8) is 0 Å². The molecule has 0 radical (unpaired) electrons. The summed E-state index contributed by atoms with van der Waals surface area (Å²) in [6.07, 6.45) is 14.4. The summed E-state index contributed by atoms with van der Waals surface area (Å²) in [6, 6.07) is 0. The Balaban J connectivity index is 3.07. The molecule has 0 saturated heterocycles. The van der Waals surface area contributed by atoms with Gasteiger partial charge in [0.25, 0.3) is 0 Å². The molecule has 2 rings (SSSR count). The number of allylic oxidation sites excluding steroid dienone is 12. The highest BCUT2D eigenvalue weighted by Crippen LogP contribution is 2.51. The van der Waals surface area contributed by atoms with E-state index in [1.165, 1.54) is 28.2 Å². The lowest BCUT2D eigenvalue weighted by Gasteiger charge is -2.47. The smallest absolute Gasteiger partial charge is 0.0306 e. The first-order valence-electron chi connectivity index (χ1n) is 11.2. The van der Waals surface area contributed by atoms with Crippen molar-refractivity contribution in [3.05, 3.63) is 83.4 Å². The summed E-state index contributed by atoms with van der Waals surface area (Å²) in [4.78, 5) is 2.50. The van der Waals surface area contributed by atoms with Crippen molar-refractivity contribution in [2.24, 2.45) is 22.2 Å². The Bertz CT molecular complexity index is 872. The van der Waals surface area contributed by atoms with E-state index < -0.39 is 0 Å². The Morgan fingerprint density at radius 2 is 1.67 bits per heavy atom. The summed E-state index contributed by atoms with van der Waals surface area (Å²) in [5.74, 6) is 0.332. The fraction of sp³-hybridized carbons (Fsp3) is 0.517. The normalized spacial score (nSPS) is 33.1. The van der Waals surface area contributed by atoms with Crippen LogP contribution in [0.2, 0.25) is 0 Å². The molecule has 30 heavy (non-hydrogen) atoms. The Kier molecular flexibility index (Phi) is 6.67. The Morgan fingerprint density at radius 3 is 2.20 bits per heavy atom. The number of hydrogen-bond acceptors (Lipinski definition) is 1. The molecule has 164 valence electrons. The van der Waals surface area contributed by atoms with Gasteiger partial charge in [-0.3, -0.25) is 0 Å². The molecule has 1 unspecified atom stereocenters. The molecule has 2 heterocycles. The van der Waals surface area contributed by atoms with Crippen LogP contribution in [0.3, 0.4) is 0 Å². The van der Waals surface area contributed by atoms with Crippen molar-refractivity contribution < 1.29 is 0 Å². The van der Waals surface area contributed by atoms with Crippen LogP contribution in [0.15, 0.2) is 83.4 Å². The topological polar surface area (TPSA) is 3.24 Å². The summed E-state index contributed by atoms with van der Waals surface area (Å²) in [5, 5.41) is 0. The van der Waals surface area contributed by atoms with Gasteiger partial charge in [-0.25, -0.2) is 0 Å². The van der Waals surface area contributed by atoms with Crippen LogP contribution in [0.4, 0.5) is 0 Å². The van der Waals surface area contributed by atoms with Gasteiger partial charge in [0.1, 0.15) is 0 Å². The van der Waals surface area contributed by atoms with E-state index in [0.29, 0.717) is 5.92 Å². The molecule has 1 heteroatoms. The first-order chi connectivity index (χ1) is 13.6. The number of rotatable bonds is 2. The fourth-order valence-corrected chi connectivity index (χ4v) is 4.62. The quantitative estimate of drug-likeness (QED) is 0.444. The molecule has 1 atom stereocenters. The molecule has 1 nitrogen and oxygen atoms in total. The van der Waals surface area contributed by atoms with E-state index in [0.717, 1.165) is 12.0 Å². The molecule has 2 aliphatic heterocycles. The molecular weight excluding hydrogens is 362 g/mol. The van der Waals surface area contributed by atoms with E-state index in [4.69, 9.17) is 0 Å². The van der Waals surface area contributed by atoms with Gasteiger partial charge in [-0.05, 0) is 60.8 Å². The third-order valence-electron chi connectivity index (χ3n) is 6.90. The van der Waals surface area contributed by atoms with Gasteiger partial charge in [-0.2, -0.15) is 0 Å². The molecular formula is C29H43N. The standard InChI is InChI=1S/C29H43N/c1-13-24-26-25(19-27(6,7)8)28(9,10)18-17-20(2)23(5)30(26)22(4)16-14-15-21(3)29(24,11)12/h13-18,25H,1,3,19H2,2,4-12H3/b15-14-,18-17-,22-16-,23-20+,26-24-. The second kappa shape index (κ2) is 8.25. The van der Waals surface area contributed by atoms with Crippen molar-refractivity contribution in [1.29, 1.82) is 0 Å². The van der Waals surface area contributed by atoms with Crippen LogP contribution in [0.5, 0.6) is 0 Å². The minimum atomic E-state index is -0.215. The minimum Gasteiger partial charge on any atom is -0.321 e. The van der Waals surface area contributed by atoms with E-state index in [-0.39, 0.29) is 16.2 Å². The second-order valence-electron chi connectivity index (χ2n) is 11.4. The van der Waals surface area contributed by atoms with E-state index in [9.17, 15) is 0 Å². The summed E-state index contributed by atoms with van der Waals surface area (Å²) < 4.78 is 0. The molecule has 0 saturated carbocycles. The highest BCUT2D eigenvalue weighted by atomic mass is 15.2. The molecule has 0 aromatic heterocycles. The van der Waals surface area contributed by atoms with E-state index in [1.54, 1.807) is 0 Å². The third-order valence-corrected chi connectivity index (χ3v) is 6.90. The molecule has 0 amide bonds. The predicted octanol–water partition coefficient (Wildman–Crippen LogP) is 8.73. The number of nitrogens with zero attached hydrogens (tertiary/aromatic N) is 1. The Morgan fingerprint density at radius 1 is 1.07 bits per heavy atom. The van der Waals surface area contributed by atoms with E-state index in [1.807, 2.05) is 0 Å². The Labute approximate surface area is 186 Å². The van der Waals surface area contributed by atoms with Gasteiger partial charge in [0.05, 0.1) is 0 Å². The predicted molar refractivity (Wildman–Crippen MR) is 134 cm³/mol. The van der Waals surface area contributed by atoms with Gasteiger partial charge < -0.3 is 4.90 Å². The summed E-state index contributed by atoms with van der Waals surface area (Å²) in [5.41, 5.74) is 7.54. The van der Waals surface area contributed by atoms with Gasteiger partial charge in [-0.15, -0.1) is 0 Å². The van der Waals surface area contributed by atoms with Gasteiger partial charge >= 0.3 is 0 Å². The van der Waals surface area contributed by atoms with Gasteiger partial charge in [0, 0.05) is 28.4 Å². The van der Waals surface area contributed by atoms with Crippen LogP contribution >= 0.6 is 0 Å². The molecule has 0 N–H and O–H groups in total. The van der Waals surface area contributed by atoms with Crippen LogP contribution in [-0.4, -0.2) is 4.90 Å². The average molecular weight is 406 g/mol. The molecule has 0 aliphatic carbocycles. The monoisotopic (exact) mass is 405 g/mol. The van der Waals surface area contributed by atoms with Crippen LogP contribution in [-0.2, 0) is 0 Å². The minimum absolute atomic E-state index is 0.00371. The molecule has 0 bridgehead atoms. The third kappa shape index (κ3) is 4.66. The largest absolute Gasteiger partial charge is 0.321 e. The van der Waals surface area contributed by atoms with Crippen LogP contribution in [0, 0.1) is 22.2 Å². The second-order valence-corrected chi connectivity index (χ2v) is 11.4. The van der Waals surface area contributed by atoms with Crippen LogP contribution in [0.1, 0.15) is 75.7 Å². The van der Waals surface area contributed by atoms with E-state index in [2.05, 4.69) is 124 Å². The van der Waals surface area contributed by atoms with Gasteiger partial charge in [-0.1, -0.05) is 92.0 Å². The number of hydrogen-bond donors (Lipinski definition) is 0. The summed E-state index contributed by atoms with van der Waals surface area (Å²) >= 11 is 0. The van der Waals surface area contributed by atoms with Gasteiger partial charge in [0.2, 0.25) is 0 Å². The maximum atomic E-state index is 4.44. The first-order valence-corrected chi connectivity index (χ1v) is 11.2. The van der Waals surface area contributed by atoms with Gasteiger partial charge in [0.15, 0.2) is 0 Å². The molecule has 0 spiro atoms. The highest BCUT2D eigenvalue weighted by molar-refractivity contribution is 5.47. The molecule has 0 fully saturated rings. The molecule has 0 aromatic rings. The number of fused-ring (bicyclic) bond motifs is 1.